The van der Waals surface area contributed by atoms with E-state index >= 15 is 0 Å². The lowest BCUT2D eigenvalue weighted by Crippen LogP contribution is -2.36. The molecular formula is C25H34N4O6S. The fourth-order valence-electron chi connectivity index (χ4n) is 4.23. The van der Waals surface area contributed by atoms with Gasteiger partial charge in [-0.05, 0) is 74.8 Å². The molecule has 36 heavy (non-hydrogen) atoms. The zero-order chi connectivity index (χ0) is 26.3. The van der Waals surface area contributed by atoms with Crippen LogP contribution in [-0.2, 0) is 32.7 Å². The highest BCUT2D eigenvalue weighted by Gasteiger charge is 2.32. The number of hydrogen-bond donors (Lipinski definition) is 4. The smallest absolute Gasteiger partial charge is 0.247 e. The molecule has 2 aromatic rings. The van der Waals surface area contributed by atoms with Gasteiger partial charge in [-0.15, -0.1) is 0 Å². The molecule has 5 N–H and O–H groups in total. The first kappa shape index (κ1) is 27.4. The van der Waals surface area contributed by atoms with Crippen LogP contribution in [0.1, 0.15) is 43.2 Å². The van der Waals surface area contributed by atoms with Gasteiger partial charge >= 0.3 is 0 Å². The highest BCUT2D eigenvalue weighted by molar-refractivity contribution is 7.89. The van der Waals surface area contributed by atoms with Crippen LogP contribution in [0.25, 0.3) is 0 Å². The lowest BCUT2D eigenvalue weighted by Gasteiger charge is -2.30. The van der Waals surface area contributed by atoms with Crippen LogP contribution in [0.3, 0.4) is 0 Å². The summed E-state index contributed by atoms with van der Waals surface area (Å²) in [5, 5.41) is 23.0. The standard InChI is InChI=1S/C20H25N3O4S.C5H9NO2/c1-22-8-6-16(7-9-22)21-17-3-2-14-12-23(13-15(14)10-17)28(26,27)20-5-4-18(24)11-19(20)25;6-5(8)3-1-2-4-7/h2-5,10-11,16,21,24-25H,6-9,12-13H2,1H3;4H,1-3H2,(H2,6,8). The van der Waals surface area contributed by atoms with Crippen molar-refractivity contribution in [3.8, 4) is 11.5 Å². The average molecular weight is 519 g/mol. The maximum absolute atomic E-state index is 12.9. The molecule has 2 heterocycles. The maximum atomic E-state index is 12.9. The number of aldehydes is 1. The van der Waals surface area contributed by atoms with Gasteiger partial charge in [-0.1, -0.05) is 6.07 Å². The minimum Gasteiger partial charge on any atom is -0.508 e. The Hall–Kier alpha value is -3.15. The SMILES string of the molecule is CN1CCC(Nc2ccc3c(c2)CN(S(=O)(=O)c2ccc(O)cc2O)C3)CC1.NC(=O)CCCC=O. The first-order valence-electron chi connectivity index (χ1n) is 11.9. The quantitative estimate of drug-likeness (QED) is 0.306. The van der Waals surface area contributed by atoms with Crippen molar-refractivity contribution in [2.75, 3.05) is 25.5 Å². The second-order valence-corrected chi connectivity index (χ2v) is 11.1. The molecule has 196 valence electrons. The molecule has 2 aliphatic rings. The normalized spacial score (nSPS) is 16.6. The molecule has 0 bridgehead atoms. The summed E-state index contributed by atoms with van der Waals surface area (Å²) in [5.74, 6) is -0.960. The number of nitrogens with zero attached hydrogens (tertiary/aromatic N) is 2. The molecule has 0 atom stereocenters. The van der Waals surface area contributed by atoms with Gasteiger partial charge in [0.1, 0.15) is 22.7 Å². The third kappa shape index (κ3) is 7.19. The van der Waals surface area contributed by atoms with Crippen molar-refractivity contribution in [2.24, 2.45) is 5.73 Å². The van der Waals surface area contributed by atoms with E-state index < -0.39 is 15.8 Å². The predicted octanol–water partition coefficient (Wildman–Crippen LogP) is 2.15. The fourth-order valence-corrected chi connectivity index (χ4v) is 5.69. The number of piperidine rings is 1. The van der Waals surface area contributed by atoms with Crippen LogP contribution >= 0.6 is 0 Å². The number of benzene rings is 2. The van der Waals surface area contributed by atoms with Gasteiger partial charge in [-0.3, -0.25) is 4.79 Å². The number of rotatable bonds is 8. The Bertz CT molecular complexity index is 1180. The van der Waals surface area contributed by atoms with Crippen LogP contribution in [0.5, 0.6) is 11.5 Å². The summed E-state index contributed by atoms with van der Waals surface area (Å²) in [5.41, 5.74) is 7.73. The van der Waals surface area contributed by atoms with Crippen LogP contribution in [-0.4, -0.2) is 66.2 Å². The number of primary amides is 1. The first-order chi connectivity index (χ1) is 17.1. The third-order valence-corrected chi connectivity index (χ3v) is 8.13. The first-order valence-corrected chi connectivity index (χ1v) is 13.3. The van der Waals surface area contributed by atoms with Gasteiger partial charge in [0.25, 0.3) is 0 Å². The summed E-state index contributed by atoms with van der Waals surface area (Å²) in [7, 11) is -1.72. The minimum atomic E-state index is -3.85. The van der Waals surface area contributed by atoms with Crippen LogP contribution in [0.15, 0.2) is 41.3 Å². The van der Waals surface area contributed by atoms with Gasteiger partial charge in [0.2, 0.25) is 15.9 Å². The van der Waals surface area contributed by atoms with E-state index in [2.05, 4.69) is 17.3 Å². The Morgan fingerprint density at radius 2 is 1.81 bits per heavy atom. The van der Waals surface area contributed by atoms with Crippen LogP contribution in [0, 0.1) is 0 Å². The van der Waals surface area contributed by atoms with Crippen LogP contribution in [0.2, 0.25) is 0 Å². The van der Waals surface area contributed by atoms with E-state index in [4.69, 9.17) is 5.73 Å². The molecule has 0 aliphatic carbocycles. The molecule has 11 heteroatoms. The topological polar surface area (TPSA) is 153 Å². The molecule has 0 spiro atoms. The molecule has 0 unspecified atom stereocenters. The Labute approximate surface area is 211 Å². The molecule has 0 aromatic heterocycles. The number of sulfonamides is 1. The molecule has 4 rings (SSSR count). The van der Waals surface area contributed by atoms with E-state index in [0.29, 0.717) is 25.3 Å². The molecule has 0 radical (unpaired) electrons. The second kappa shape index (κ2) is 12.2. The van der Waals surface area contributed by atoms with Crippen molar-refractivity contribution >= 4 is 27.9 Å². The second-order valence-electron chi connectivity index (χ2n) is 9.16. The minimum absolute atomic E-state index is 0.175. The number of phenols is 2. The van der Waals surface area contributed by atoms with Gasteiger partial charge in [-0.25, -0.2) is 8.42 Å². The molecule has 1 saturated heterocycles. The summed E-state index contributed by atoms with van der Waals surface area (Å²) >= 11 is 0. The van der Waals surface area contributed by atoms with Crippen molar-refractivity contribution in [3.63, 3.8) is 0 Å². The summed E-state index contributed by atoms with van der Waals surface area (Å²) in [6.45, 7) is 2.68. The predicted molar refractivity (Wildman–Crippen MR) is 136 cm³/mol. The number of aromatic hydroxyl groups is 2. The number of phenolic OH excluding ortho intramolecular Hbond substituents is 2. The van der Waals surface area contributed by atoms with Crippen molar-refractivity contribution < 1.29 is 28.2 Å². The summed E-state index contributed by atoms with van der Waals surface area (Å²) in [6.07, 6.45) is 4.30. The molecule has 2 aromatic carbocycles. The monoisotopic (exact) mass is 518 g/mol. The number of carbonyl (C=O) groups is 2. The number of fused-ring (bicyclic) bond motifs is 1. The van der Waals surface area contributed by atoms with Crippen LogP contribution < -0.4 is 11.1 Å². The van der Waals surface area contributed by atoms with Crippen molar-refractivity contribution in [2.45, 2.75) is 56.1 Å². The molecule has 2 aliphatic heterocycles. The Balaban J connectivity index is 0.000000392. The number of anilines is 1. The van der Waals surface area contributed by atoms with Crippen molar-refractivity contribution in [1.82, 2.24) is 9.21 Å². The highest BCUT2D eigenvalue weighted by Crippen LogP contribution is 2.35. The molecule has 10 nitrogen and oxygen atoms in total. The lowest BCUT2D eigenvalue weighted by molar-refractivity contribution is -0.118. The zero-order valence-electron chi connectivity index (χ0n) is 20.4. The highest BCUT2D eigenvalue weighted by atomic mass is 32.2. The van der Waals surface area contributed by atoms with Crippen molar-refractivity contribution in [3.05, 3.63) is 47.5 Å². The number of amides is 1. The van der Waals surface area contributed by atoms with Gasteiger partial charge in [0.15, 0.2) is 0 Å². The van der Waals surface area contributed by atoms with Gasteiger partial charge in [0, 0.05) is 43.7 Å². The van der Waals surface area contributed by atoms with E-state index in [0.717, 1.165) is 55.1 Å². The zero-order valence-corrected chi connectivity index (χ0v) is 21.2. The van der Waals surface area contributed by atoms with E-state index in [1.54, 1.807) is 0 Å². The molecular weight excluding hydrogens is 484 g/mol. The summed E-state index contributed by atoms with van der Waals surface area (Å²) < 4.78 is 27.2. The Morgan fingerprint density at radius 1 is 1.11 bits per heavy atom. The van der Waals surface area contributed by atoms with E-state index in [9.17, 15) is 28.2 Å². The molecule has 1 amide bonds. The molecule has 1 fully saturated rings. The van der Waals surface area contributed by atoms with Gasteiger partial charge < -0.3 is 31.0 Å². The largest absolute Gasteiger partial charge is 0.508 e. The van der Waals surface area contributed by atoms with Crippen molar-refractivity contribution in [1.29, 1.82) is 0 Å². The number of nitrogens with one attached hydrogen (secondary N) is 1. The summed E-state index contributed by atoms with van der Waals surface area (Å²) in [6, 6.07) is 9.98. The number of hydrogen-bond acceptors (Lipinski definition) is 8. The van der Waals surface area contributed by atoms with Crippen LogP contribution in [0.4, 0.5) is 5.69 Å². The van der Waals surface area contributed by atoms with E-state index in [-0.39, 0.29) is 29.6 Å². The molecule has 0 saturated carbocycles. The number of likely N-dealkylation sites (tertiary alicyclic amines) is 1. The van der Waals surface area contributed by atoms with Gasteiger partial charge in [0.05, 0.1) is 0 Å². The average Bonchev–Trinajstić information content (AvgIpc) is 3.25. The van der Waals surface area contributed by atoms with E-state index in [1.807, 2.05) is 18.2 Å². The Morgan fingerprint density at radius 3 is 2.44 bits per heavy atom. The van der Waals surface area contributed by atoms with Gasteiger partial charge in [-0.2, -0.15) is 4.31 Å². The number of nitrogens with two attached hydrogens (primary N) is 1. The fraction of sp³-hybridized carbons (Fsp3) is 0.440. The number of carbonyl (C=O) groups excluding carboxylic acids is 2. The number of unbranched alkanes of at least 4 members (excludes halogenated alkanes) is 1. The Kier molecular flexibility index (Phi) is 9.30. The maximum Gasteiger partial charge on any atom is 0.247 e. The third-order valence-electron chi connectivity index (χ3n) is 6.29. The lowest BCUT2D eigenvalue weighted by atomic mass is 10.0. The van der Waals surface area contributed by atoms with E-state index in [1.165, 1.54) is 16.4 Å². The summed E-state index contributed by atoms with van der Waals surface area (Å²) in [4.78, 5) is 21.7.